The maximum Gasteiger partial charge on any atom is 0.324 e. The van der Waals surface area contributed by atoms with Gasteiger partial charge in [0, 0.05) is 29.7 Å². The third kappa shape index (κ3) is 6.41. The number of anilines is 1. The van der Waals surface area contributed by atoms with Crippen molar-refractivity contribution in [2.75, 3.05) is 12.1 Å². The molecular formula is C27H20BrN5O5S3. The zero-order chi connectivity index (χ0) is 29.1. The second-order valence-electron chi connectivity index (χ2n) is 8.67. The maximum atomic E-state index is 13.7. The number of rotatable bonds is 9. The molecule has 0 fully saturated rings. The highest BCUT2D eigenvalue weighted by Crippen LogP contribution is 2.32. The summed E-state index contributed by atoms with van der Waals surface area (Å²) in [6, 6.07) is 23.3. The molecule has 0 radical (unpaired) electrons. The Morgan fingerprint density at radius 3 is 2.46 bits per heavy atom. The molecule has 2 heterocycles. The summed E-state index contributed by atoms with van der Waals surface area (Å²) in [7, 11) is -2.32. The van der Waals surface area contributed by atoms with E-state index in [0.717, 1.165) is 31.1 Å². The van der Waals surface area contributed by atoms with Gasteiger partial charge in [0.2, 0.25) is 15.2 Å². The Balaban J connectivity index is 1.44. The van der Waals surface area contributed by atoms with Gasteiger partial charge in [-0.15, -0.1) is 0 Å². The van der Waals surface area contributed by atoms with Crippen LogP contribution in [-0.4, -0.2) is 41.8 Å². The van der Waals surface area contributed by atoms with E-state index in [1.165, 1.54) is 65.3 Å². The molecule has 0 spiro atoms. The summed E-state index contributed by atoms with van der Waals surface area (Å²) >= 11 is 5.60. The summed E-state index contributed by atoms with van der Waals surface area (Å²) in [6.07, 6.45) is 1.36. The highest BCUT2D eigenvalue weighted by molar-refractivity contribution is 9.10. The lowest BCUT2D eigenvalue weighted by Crippen LogP contribution is -2.27. The first-order chi connectivity index (χ1) is 19.6. The molecule has 0 aliphatic heterocycles. The van der Waals surface area contributed by atoms with Gasteiger partial charge in [0.15, 0.2) is 0 Å². The fourth-order valence-electron chi connectivity index (χ4n) is 3.79. The number of thiazole rings is 1. The third-order valence-corrected chi connectivity index (χ3v) is 10.1. The second kappa shape index (κ2) is 12.0. The molecule has 5 rings (SSSR count). The van der Waals surface area contributed by atoms with E-state index in [2.05, 4.69) is 26.0 Å². The Morgan fingerprint density at radius 1 is 1.05 bits per heavy atom. The van der Waals surface area contributed by atoms with Crippen molar-refractivity contribution in [3.8, 4) is 0 Å². The molecule has 3 aromatic carbocycles. The molecule has 0 aliphatic rings. The first kappa shape index (κ1) is 28.7. The van der Waals surface area contributed by atoms with E-state index in [1.807, 2.05) is 42.5 Å². The number of aromatic nitrogens is 1. The lowest BCUT2D eigenvalue weighted by molar-refractivity contribution is -0.380. The molecule has 0 bridgehead atoms. The van der Waals surface area contributed by atoms with Gasteiger partial charge in [-0.1, -0.05) is 68.9 Å². The number of carbonyl (C=O) groups is 1. The van der Waals surface area contributed by atoms with E-state index in [0.29, 0.717) is 10.4 Å². The number of fused-ring (bicyclic) bond motifs is 1. The van der Waals surface area contributed by atoms with Crippen molar-refractivity contribution in [3.05, 3.63) is 116 Å². The van der Waals surface area contributed by atoms with E-state index >= 15 is 0 Å². The molecule has 0 N–H and O–H groups in total. The van der Waals surface area contributed by atoms with Crippen LogP contribution in [0.1, 0.15) is 20.8 Å². The number of thiophene rings is 1. The van der Waals surface area contributed by atoms with Crippen molar-refractivity contribution < 1.29 is 18.1 Å². The van der Waals surface area contributed by atoms with E-state index in [1.54, 1.807) is 6.07 Å². The predicted molar refractivity (Wildman–Crippen MR) is 164 cm³/mol. The van der Waals surface area contributed by atoms with Crippen LogP contribution in [-0.2, 0) is 16.6 Å². The predicted octanol–water partition coefficient (Wildman–Crippen LogP) is 6.53. The third-order valence-electron chi connectivity index (χ3n) is 5.86. The normalized spacial score (nSPS) is 11.9. The number of sulfonamides is 1. The number of amides is 1. The summed E-state index contributed by atoms with van der Waals surface area (Å²) in [4.78, 5) is 29.3. The molecule has 14 heteroatoms. The molecule has 5 aromatic rings. The topological polar surface area (TPSA) is 126 Å². The van der Waals surface area contributed by atoms with Gasteiger partial charge in [-0.3, -0.25) is 14.9 Å². The van der Waals surface area contributed by atoms with Gasteiger partial charge in [-0.2, -0.15) is 14.4 Å². The lowest BCUT2D eigenvalue weighted by atomic mass is 10.2. The van der Waals surface area contributed by atoms with Gasteiger partial charge in [-0.25, -0.2) is 13.4 Å². The lowest BCUT2D eigenvalue weighted by Gasteiger charge is -2.18. The molecule has 1 amide bonds. The van der Waals surface area contributed by atoms with Crippen LogP contribution in [0, 0.1) is 10.1 Å². The molecule has 0 saturated heterocycles. The van der Waals surface area contributed by atoms with Crippen LogP contribution in [0.3, 0.4) is 0 Å². The van der Waals surface area contributed by atoms with E-state index in [4.69, 9.17) is 0 Å². The van der Waals surface area contributed by atoms with Crippen LogP contribution in [0.2, 0.25) is 0 Å². The molecule has 41 heavy (non-hydrogen) atoms. The summed E-state index contributed by atoms with van der Waals surface area (Å²) in [5, 5.41) is 16.7. The van der Waals surface area contributed by atoms with Crippen molar-refractivity contribution in [3.63, 3.8) is 0 Å². The van der Waals surface area contributed by atoms with E-state index in [-0.39, 0.29) is 27.1 Å². The molecule has 0 aliphatic carbocycles. The molecule has 208 valence electrons. The van der Waals surface area contributed by atoms with Gasteiger partial charge >= 0.3 is 5.00 Å². The van der Waals surface area contributed by atoms with Gasteiger partial charge in [-0.05, 0) is 54.1 Å². The monoisotopic (exact) mass is 669 g/mol. The van der Waals surface area contributed by atoms with Crippen molar-refractivity contribution >= 4 is 81.1 Å². The van der Waals surface area contributed by atoms with Crippen LogP contribution >= 0.6 is 38.6 Å². The van der Waals surface area contributed by atoms with Crippen molar-refractivity contribution in [1.82, 2.24) is 9.29 Å². The number of nitro groups is 1. The van der Waals surface area contributed by atoms with Crippen LogP contribution in [0.15, 0.2) is 99.4 Å². The van der Waals surface area contributed by atoms with Gasteiger partial charge in [0.05, 0.1) is 31.1 Å². The fraction of sp³-hybridized carbons (Fsp3) is 0.0741. The average Bonchev–Trinajstić information content (AvgIpc) is 3.61. The van der Waals surface area contributed by atoms with E-state index in [9.17, 15) is 23.3 Å². The number of nitrogens with zero attached hydrogens (tertiary/aromatic N) is 5. The Labute approximate surface area is 251 Å². The summed E-state index contributed by atoms with van der Waals surface area (Å²) in [5.74, 6) is -0.549. The van der Waals surface area contributed by atoms with E-state index < -0.39 is 20.9 Å². The molecule has 10 nitrogen and oxygen atoms in total. The second-order valence-corrected chi connectivity index (χ2v) is 13.7. The number of hydrazone groups is 1. The zero-order valence-corrected chi connectivity index (χ0v) is 25.3. The Kier molecular flexibility index (Phi) is 8.37. The first-order valence-corrected chi connectivity index (χ1v) is 15.8. The Hall–Kier alpha value is -3.82. The standard InChI is InChI=1S/C27H20BrN5O5S3/c1-31(17-18-5-3-2-4-6-18)41(37,38)22-11-7-19(8-12-22)26(34)32(29-16-21-10-14-25(39-21)33(35)36)27-30-23-13-9-20(28)15-24(23)40-27/h2-16H,17H2,1H3/b29-16+. The van der Waals surface area contributed by atoms with Crippen molar-refractivity contribution in [2.45, 2.75) is 11.4 Å². The number of hydrogen-bond donors (Lipinski definition) is 0. The van der Waals surface area contributed by atoms with Crippen LogP contribution < -0.4 is 5.01 Å². The smallest absolute Gasteiger partial charge is 0.267 e. The molecule has 0 atom stereocenters. The highest BCUT2D eigenvalue weighted by Gasteiger charge is 2.24. The average molecular weight is 671 g/mol. The minimum absolute atomic E-state index is 0.0401. The largest absolute Gasteiger partial charge is 0.324 e. The van der Waals surface area contributed by atoms with Crippen molar-refractivity contribution in [2.24, 2.45) is 5.10 Å². The number of hydrogen-bond acceptors (Lipinski definition) is 9. The minimum Gasteiger partial charge on any atom is -0.267 e. The molecule has 0 saturated carbocycles. The number of halogens is 1. The first-order valence-electron chi connectivity index (χ1n) is 11.9. The van der Waals surface area contributed by atoms with Gasteiger partial charge in [0.25, 0.3) is 5.91 Å². The zero-order valence-electron chi connectivity index (χ0n) is 21.2. The highest BCUT2D eigenvalue weighted by atomic mass is 79.9. The van der Waals surface area contributed by atoms with Crippen LogP contribution in [0.25, 0.3) is 10.2 Å². The summed E-state index contributed by atoms with van der Waals surface area (Å²) in [5.41, 5.74) is 1.69. The number of benzene rings is 3. The summed E-state index contributed by atoms with van der Waals surface area (Å²) < 4.78 is 29.2. The van der Waals surface area contributed by atoms with Crippen LogP contribution in [0.4, 0.5) is 10.1 Å². The summed E-state index contributed by atoms with van der Waals surface area (Å²) in [6.45, 7) is 0.195. The molecule has 0 unspecified atom stereocenters. The van der Waals surface area contributed by atoms with Gasteiger partial charge < -0.3 is 0 Å². The SMILES string of the molecule is CN(Cc1ccccc1)S(=O)(=O)c1ccc(C(=O)N(/N=C/c2ccc([N+](=O)[O-])s2)c2nc3ccc(Br)cc3s2)cc1. The maximum absolute atomic E-state index is 13.7. The molecule has 2 aromatic heterocycles. The minimum atomic E-state index is -3.81. The van der Waals surface area contributed by atoms with Crippen molar-refractivity contribution in [1.29, 1.82) is 0 Å². The number of carbonyl (C=O) groups excluding carboxylic acids is 1. The van der Waals surface area contributed by atoms with Crippen LogP contribution in [0.5, 0.6) is 0 Å². The fourth-order valence-corrected chi connectivity index (χ4v) is 7.11. The quantitative estimate of drug-likeness (QED) is 0.0998. The van der Waals surface area contributed by atoms with Gasteiger partial charge in [0.1, 0.15) is 0 Å². The Bertz CT molecular complexity index is 1870. The Morgan fingerprint density at radius 2 is 1.78 bits per heavy atom. The molecular weight excluding hydrogens is 650 g/mol.